The summed E-state index contributed by atoms with van der Waals surface area (Å²) in [6.45, 7) is 2.02. The normalized spacial score (nSPS) is 14.7. The Morgan fingerprint density at radius 2 is 1.76 bits per heavy atom. The summed E-state index contributed by atoms with van der Waals surface area (Å²) in [5.74, 6) is -0.457. The second-order valence-electron chi connectivity index (χ2n) is 6.31. The number of nitrogens with two attached hydrogens (primary N) is 1. The lowest BCUT2D eigenvalue weighted by Crippen LogP contribution is -2.44. The third-order valence-electron chi connectivity index (χ3n) is 4.81. The molecular weight excluding hydrogens is 312 g/mol. The lowest BCUT2D eigenvalue weighted by molar-refractivity contribution is -0.142. The van der Waals surface area contributed by atoms with Crippen LogP contribution in [-0.4, -0.2) is 18.1 Å². The standard InChI is InChI=1S/C21H22N2O2/c1-15(16-8-4-3-5-9-16)21(22,14-20(24)25-2)19-13-12-17-10-6-7-11-18(17)23-19/h3-13,15H,14,22H2,1-2H3. The number of carbonyl (C=O) groups is 1. The fourth-order valence-corrected chi connectivity index (χ4v) is 3.14. The van der Waals surface area contributed by atoms with E-state index in [-0.39, 0.29) is 18.3 Å². The number of nitrogens with zero attached hydrogens (tertiary/aromatic N) is 1. The highest BCUT2D eigenvalue weighted by molar-refractivity contribution is 5.79. The molecule has 25 heavy (non-hydrogen) atoms. The molecule has 0 saturated heterocycles. The first-order valence-corrected chi connectivity index (χ1v) is 8.31. The average molecular weight is 334 g/mol. The van der Waals surface area contributed by atoms with Gasteiger partial charge >= 0.3 is 5.97 Å². The van der Waals surface area contributed by atoms with Crippen LogP contribution in [-0.2, 0) is 15.1 Å². The van der Waals surface area contributed by atoms with Crippen LogP contribution in [0.5, 0.6) is 0 Å². The van der Waals surface area contributed by atoms with E-state index in [2.05, 4.69) is 0 Å². The quantitative estimate of drug-likeness (QED) is 0.722. The molecule has 2 N–H and O–H groups in total. The van der Waals surface area contributed by atoms with Crippen molar-refractivity contribution in [3.8, 4) is 0 Å². The molecule has 2 atom stereocenters. The molecule has 3 rings (SSSR count). The van der Waals surface area contributed by atoms with E-state index >= 15 is 0 Å². The fourth-order valence-electron chi connectivity index (χ4n) is 3.14. The number of ether oxygens (including phenoxy) is 1. The lowest BCUT2D eigenvalue weighted by Gasteiger charge is -2.34. The van der Waals surface area contributed by atoms with Crippen molar-refractivity contribution in [3.63, 3.8) is 0 Å². The van der Waals surface area contributed by atoms with Gasteiger partial charge in [-0.2, -0.15) is 0 Å². The first-order chi connectivity index (χ1) is 12.0. The molecule has 0 amide bonds. The van der Waals surface area contributed by atoms with Crippen LogP contribution in [0.15, 0.2) is 66.7 Å². The summed E-state index contributed by atoms with van der Waals surface area (Å²) in [6.07, 6.45) is 0.0604. The SMILES string of the molecule is COC(=O)CC(N)(c1ccc2ccccc2n1)C(C)c1ccccc1. The Bertz CT molecular complexity index is 879. The highest BCUT2D eigenvalue weighted by atomic mass is 16.5. The van der Waals surface area contributed by atoms with E-state index in [1.807, 2.05) is 73.7 Å². The van der Waals surface area contributed by atoms with Gasteiger partial charge < -0.3 is 10.5 Å². The molecule has 2 unspecified atom stereocenters. The van der Waals surface area contributed by atoms with Crippen molar-refractivity contribution in [2.24, 2.45) is 5.73 Å². The van der Waals surface area contributed by atoms with E-state index in [0.717, 1.165) is 16.5 Å². The Balaban J connectivity index is 2.10. The van der Waals surface area contributed by atoms with Gasteiger partial charge in [0.05, 0.1) is 30.3 Å². The van der Waals surface area contributed by atoms with Crippen LogP contribution in [0.3, 0.4) is 0 Å². The Morgan fingerprint density at radius 3 is 2.48 bits per heavy atom. The lowest BCUT2D eigenvalue weighted by atomic mass is 9.76. The number of benzene rings is 2. The van der Waals surface area contributed by atoms with Crippen molar-refractivity contribution in [1.82, 2.24) is 4.98 Å². The number of pyridine rings is 1. The van der Waals surface area contributed by atoms with Crippen LogP contribution in [0, 0.1) is 0 Å². The summed E-state index contributed by atoms with van der Waals surface area (Å²) >= 11 is 0. The molecule has 1 aromatic heterocycles. The number of rotatable bonds is 5. The number of hydrogen-bond donors (Lipinski definition) is 1. The van der Waals surface area contributed by atoms with Gasteiger partial charge in [-0.05, 0) is 17.7 Å². The summed E-state index contributed by atoms with van der Waals surface area (Å²) < 4.78 is 4.89. The van der Waals surface area contributed by atoms with E-state index in [1.165, 1.54) is 7.11 Å². The van der Waals surface area contributed by atoms with Crippen LogP contribution in [0.2, 0.25) is 0 Å². The highest BCUT2D eigenvalue weighted by Crippen LogP contribution is 2.37. The fraction of sp³-hybridized carbons (Fsp3) is 0.238. The number of hydrogen-bond acceptors (Lipinski definition) is 4. The van der Waals surface area contributed by atoms with Gasteiger partial charge in [0.15, 0.2) is 0 Å². The maximum atomic E-state index is 12.1. The predicted molar refractivity (Wildman–Crippen MR) is 99.1 cm³/mol. The molecule has 128 valence electrons. The zero-order chi connectivity index (χ0) is 17.9. The molecule has 0 radical (unpaired) electrons. The number of methoxy groups -OCH3 is 1. The Labute approximate surface area is 147 Å². The maximum Gasteiger partial charge on any atom is 0.307 e. The Kier molecular flexibility index (Phi) is 4.81. The number of para-hydroxylation sites is 1. The second-order valence-corrected chi connectivity index (χ2v) is 6.31. The van der Waals surface area contributed by atoms with Crippen molar-refractivity contribution < 1.29 is 9.53 Å². The first-order valence-electron chi connectivity index (χ1n) is 8.31. The number of aromatic nitrogens is 1. The zero-order valence-electron chi connectivity index (χ0n) is 14.5. The molecule has 0 aliphatic rings. The molecule has 1 heterocycles. The van der Waals surface area contributed by atoms with Crippen LogP contribution in [0.1, 0.15) is 30.5 Å². The molecule has 2 aromatic carbocycles. The van der Waals surface area contributed by atoms with Gasteiger partial charge in [-0.25, -0.2) is 0 Å². The number of carbonyl (C=O) groups excluding carboxylic acids is 1. The van der Waals surface area contributed by atoms with Crippen LogP contribution < -0.4 is 5.73 Å². The molecule has 4 heteroatoms. The smallest absolute Gasteiger partial charge is 0.307 e. The van der Waals surface area contributed by atoms with Gasteiger partial charge in [0.2, 0.25) is 0 Å². The molecule has 0 aliphatic carbocycles. The van der Waals surface area contributed by atoms with E-state index in [9.17, 15) is 4.79 Å². The van der Waals surface area contributed by atoms with Crippen molar-refractivity contribution in [2.45, 2.75) is 24.8 Å². The summed E-state index contributed by atoms with van der Waals surface area (Å²) in [7, 11) is 1.38. The largest absolute Gasteiger partial charge is 0.469 e. The van der Waals surface area contributed by atoms with Crippen LogP contribution in [0.4, 0.5) is 0 Å². The summed E-state index contributed by atoms with van der Waals surface area (Å²) in [5.41, 5.74) is 8.45. The summed E-state index contributed by atoms with van der Waals surface area (Å²) in [4.78, 5) is 16.8. The Hall–Kier alpha value is -2.72. The minimum atomic E-state index is -0.960. The molecular formula is C21H22N2O2. The number of fused-ring (bicyclic) bond motifs is 1. The highest BCUT2D eigenvalue weighted by Gasteiger charge is 2.39. The van der Waals surface area contributed by atoms with Gasteiger partial charge in [-0.1, -0.05) is 61.5 Å². The minimum absolute atomic E-state index is 0.0604. The van der Waals surface area contributed by atoms with Crippen LogP contribution in [0.25, 0.3) is 10.9 Å². The second kappa shape index (κ2) is 7.03. The Morgan fingerprint density at radius 1 is 1.08 bits per heavy atom. The van der Waals surface area contributed by atoms with Gasteiger partial charge in [-0.3, -0.25) is 9.78 Å². The topological polar surface area (TPSA) is 65.2 Å². The molecule has 0 saturated carbocycles. The van der Waals surface area contributed by atoms with Crippen LogP contribution >= 0.6 is 0 Å². The first kappa shape index (κ1) is 17.1. The van der Waals surface area contributed by atoms with Crippen molar-refractivity contribution in [2.75, 3.05) is 7.11 Å². The van der Waals surface area contributed by atoms with E-state index in [0.29, 0.717) is 5.69 Å². The molecule has 0 aliphatic heterocycles. The van der Waals surface area contributed by atoms with Gasteiger partial charge in [0.25, 0.3) is 0 Å². The predicted octanol–water partition coefficient (Wildman–Crippen LogP) is 3.76. The average Bonchev–Trinajstić information content (AvgIpc) is 2.67. The van der Waals surface area contributed by atoms with Gasteiger partial charge in [0.1, 0.15) is 0 Å². The molecule has 0 fully saturated rings. The maximum absolute atomic E-state index is 12.1. The molecule has 4 nitrogen and oxygen atoms in total. The molecule has 3 aromatic rings. The molecule has 0 bridgehead atoms. The van der Waals surface area contributed by atoms with Gasteiger partial charge in [-0.15, -0.1) is 0 Å². The summed E-state index contributed by atoms with van der Waals surface area (Å²) in [5, 5.41) is 1.04. The molecule has 0 spiro atoms. The van der Waals surface area contributed by atoms with E-state index in [1.54, 1.807) is 0 Å². The third-order valence-corrected chi connectivity index (χ3v) is 4.81. The van der Waals surface area contributed by atoms with E-state index in [4.69, 9.17) is 15.5 Å². The van der Waals surface area contributed by atoms with Gasteiger partial charge in [0, 0.05) is 11.3 Å². The van der Waals surface area contributed by atoms with Crippen molar-refractivity contribution >= 4 is 16.9 Å². The zero-order valence-corrected chi connectivity index (χ0v) is 14.5. The minimum Gasteiger partial charge on any atom is -0.469 e. The van der Waals surface area contributed by atoms with E-state index < -0.39 is 5.54 Å². The van der Waals surface area contributed by atoms with Crippen molar-refractivity contribution in [1.29, 1.82) is 0 Å². The summed E-state index contributed by atoms with van der Waals surface area (Å²) in [6, 6.07) is 21.7. The van der Waals surface area contributed by atoms with Crippen molar-refractivity contribution in [3.05, 3.63) is 78.0 Å². The number of esters is 1. The third kappa shape index (κ3) is 3.39. The monoisotopic (exact) mass is 334 g/mol.